The molecule has 0 bridgehead atoms. The third-order valence-electron chi connectivity index (χ3n) is 4.33. The van der Waals surface area contributed by atoms with E-state index < -0.39 is 0 Å². The summed E-state index contributed by atoms with van der Waals surface area (Å²) >= 11 is 0. The maximum absolute atomic E-state index is 12.6. The Balaban J connectivity index is 2.30. The minimum atomic E-state index is -0.365. The van der Waals surface area contributed by atoms with Crippen molar-refractivity contribution in [3.8, 4) is 17.0 Å². The van der Waals surface area contributed by atoms with Crippen LogP contribution in [0.25, 0.3) is 22.3 Å². The molecule has 2 heterocycles. The van der Waals surface area contributed by atoms with Crippen LogP contribution in [-0.4, -0.2) is 34.5 Å². The first-order valence-corrected chi connectivity index (χ1v) is 8.98. The Morgan fingerprint density at radius 2 is 1.85 bits per heavy atom. The monoisotopic (exact) mass is 367 g/mol. The number of nitrogens with zero attached hydrogens (tertiary/aromatic N) is 3. The number of aryl methyl sites for hydroxylation is 1. The maximum atomic E-state index is 12.6. The van der Waals surface area contributed by atoms with Crippen molar-refractivity contribution in [3.05, 3.63) is 41.6 Å². The highest BCUT2D eigenvalue weighted by atomic mass is 16.5. The largest absolute Gasteiger partial charge is 0.497 e. The highest BCUT2D eigenvalue weighted by Gasteiger charge is 2.25. The first-order valence-electron chi connectivity index (χ1n) is 8.98. The second kappa shape index (κ2) is 7.02. The number of aromatic nitrogens is 3. The third-order valence-corrected chi connectivity index (χ3v) is 4.33. The number of rotatable bonds is 4. The summed E-state index contributed by atoms with van der Waals surface area (Å²) < 4.78 is 12.4. The van der Waals surface area contributed by atoms with E-state index in [1.807, 2.05) is 35.9 Å². The van der Waals surface area contributed by atoms with Crippen molar-refractivity contribution in [1.82, 2.24) is 14.8 Å². The lowest BCUT2D eigenvalue weighted by molar-refractivity contribution is 0.0528. The van der Waals surface area contributed by atoms with Gasteiger partial charge in [0, 0.05) is 5.56 Å². The van der Waals surface area contributed by atoms with Gasteiger partial charge in [0.15, 0.2) is 5.65 Å². The molecule has 0 N–H and O–H groups in total. The molecule has 0 fully saturated rings. The van der Waals surface area contributed by atoms with Gasteiger partial charge in [-0.25, -0.2) is 14.5 Å². The van der Waals surface area contributed by atoms with Crippen molar-refractivity contribution in [2.24, 2.45) is 0 Å². The summed E-state index contributed by atoms with van der Waals surface area (Å²) in [6.45, 7) is 10.2. The first kappa shape index (κ1) is 18.9. The average Bonchev–Trinajstić information content (AvgIpc) is 2.98. The Morgan fingerprint density at radius 1 is 1.19 bits per heavy atom. The lowest BCUT2D eigenvalue weighted by Crippen LogP contribution is -2.23. The van der Waals surface area contributed by atoms with Gasteiger partial charge in [0.1, 0.15) is 5.75 Å². The first-order chi connectivity index (χ1) is 12.8. The molecule has 1 aromatic carbocycles. The van der Waals surface area contributed by atoms with E-state index in [9.17, 15) is 4.79 Å². The molecule has 0 radical (unpaired) electrons. The van der Waals surface area contributed by atoms with Crippen LogP contribution in [0.4, 0.5) is 0 Å². The molecule has 27 heavy (non-hydrogen) atoms. The molecular weight excluding hydrogens is 342 g/mol. The summed E-state index contributed by atoms with van der Waals surface area (Å²) in [5.74, 6) is 0.400. The van der Waals surface area contributed by atoms with E-state index in [-0.39, 0.29) is 11.5 Å². The Bertz CT molecular complexity index is 983. The van der Waals surface area contributed by atoms with Gasteiger partial charge < -0.3 is 9.47 Å². The van der Waals surface area contributed by atoms with Crippen LogP contribution < -0.4 is 4.74 Å². The van der Waals surface area contributed by atoms with E-state index in [0.717, 1.165) is 22.4 Å². The van der Waals surface area contributed by atoms with Crippen molar-refractivity contribution < 1.29 is 14.3 Å². The summed E-state index contributed by atoms with van der Waals surface area (Å²) in [6.07, 6.45) is 0. The molecule has 0 unspecified atom stereocenters. The second-order valence-corrected chi connectivity index (χ2v) is 7.37. The molecule has 0 saturated heterocycles. The summed E-state index contributed by atoms with van der Waals surface area (Å²) in [7, 11) is 1.63. The minimum Gasteiger partial charge on any atom is -0.497 e. The van der Waals surface area contributed by atoms with E-state index in [4.69, 9.17) is 14.5 Å². The lowest BCUT2D eigenvalue weighted by Gasteiger charge is -2.20. The summed E-state index contributed by atoms with van der Waals surface area (Å²) in [4.78, 5) is 17.5. The van der Waals surface area contributed by atoms with Crippen molar-refractivity contribution in [3.63, 3.8) is 0 Å². The number of pyridine rings is 1. The summed E-state index contributed by atoms with van der Waals surface area (Å²) in [5, 5.41) is 5.39. The fraction of sp³-hybridized carbons (Fsp3) is 0.381. The fourth-order valence-electron chi connectivity index (χ4n) is 3.04. The Hall–Kier alpha value is -2.89. The van der Waals surface area contributed by atoms with Crippen LogP contribution in [0, 0.1) is 6.92 Å². The van der Waals surface area contributed by atoms with Gasteiger partial charge in [-0.1, -0.05) is 0 Å². The topological polar surface area (TPSA) is 66.2 Å². The van der Waals surface area contributed by atoms with Crippen molar-refractivity contribution in [2.75, 3.05) is 13.7 Å². The molecule has 0 saturated carbocycles. The quantitative estimate of drug-likeness (QED) is 0.642. The molecule has 0 aliphatic carbocycles. The molecular formula is C21H25N3O3. The van der Waals surface area contributed by atoms with E-state index in [1.54, 1.807) is 20.1 Å². The lowest BCUT2D eigenvalue weighted by atomic mass is 10.0. The van der Waals surface area contributed by atoms with Crippen molar-refractivity contribution in [2.45, 2.75) is 40.2 Å². The van der Waals surface area contributed by atoms with Crippen molar-refractivity contribution in [1.29, 1.82) is 0 Å². The molecule has 0 aliphatic rings. The van der Waals surface area contributed by atoms with Gasteiger partial charge in [-0.2, -0.15) is 5.10 Å². The SMILES string of the molecule is CCOC(=O)c1cc(-c2ccc(OC)cc2)nc2c1c(C)nn2C(C)(C)C. The molecule has 0 amide bonds. The van der Waals surface area contributed by atoms with Gasteiger partial charge in [-0.15, -0.1) is 0 Å². The Morgan fingerprint density at radius 3 is 2.41 bits per heavy atom. The average molecular weight is 367 g/mol. The van der Waals surface area contributed by atoms with Crippen LogP contribution in [0.2, 0.25) is 0 Å². The van der Waals surface area contributed by atoms with Crippen LogP contribution in [0.5, 0.6) is 5.75 Å². The smallest absolute Gasteiger partial charge is 0.339 e. The number of hydrogen-bond acceptors (Lipinski definition) is 5. The zero-order valence-corrected chi connectivity index (χ0v) is 16.7. The molecule has 6 nitrogen and oxygen atoms in total. The zero-order valence-electron chi connectivity index (χ0n) is 16.7. The van der Waals surface area contributed by atoms with Crippen LogP contribution in [0.1, 0.15) is 43.7 Å². The molecule has 0 atom stereocenters. The molecule has 3 rings (SSSR count). The van der Waals surface area contributed by atoms with Crippen LogP contribution >= 0.6 is 0 Å². The number of hydrogen-bond donors (Lipinski definition) is 0. The normalized spacial score (nSPS) is 11.6. The van der Waals surface area contributed by atoms with E-state index in [0.29, 0.717) is 23.5 Å². The number of benzene rings is 1. The molecule has 0 aliphatic heterocycles. The molecule has 142 valence electrons. The predicted molar refractivity (Wildman–Crippen MR) is 105 cm³/mol. The molecule has 0 spiro atoms. The number of methoxy groups -OCH3 is 1. The van der Waals surface area contributed by atoms with Gasteiger partial charge in [0.2, 0.25) is 0 Å². The predicted octanol–water partition coefficient (Wildman–Crippen LogP) is 4.35. The highest BCUT2D eigenvalue weighted by Crippen LogP contribution is 2.31. The number of carbonyl (C=O) groups is 1. The highest BCUT2D eigenvalue weighted by molar-refractivity contribution is 6.05. The summed E-state index contributed by atoms with van der Waals surface area (Å²) in [5.41, 5.74) is 3.24. The standard InChI is InChI=1S/C21H25N3O3/c1-7-27-20(25)16-12-17(14-8-10-15(26-6)11-9-14)22-19-18(16)13(2)23-24(19)21(3,4)5/h8-12H,7H2,1-6H3. The van der Waals surface area contributed by atoms with E-state index in [2.05, 4.69) is 25.9 Å². The second-order valence-electron chi connectivity index (χ2n) is 7.37. The van der Waals surface area contributed by atoms with Crippen LogP contribution in [-0.2, 0) is 10.3 Å². The Kier molecular flexibility index (Phi) is 4.91. The van der Waals surface area contributed by atoms with Crippen molar-refractivity contribution >= 4 is 17.0 Å². The van der Waals surface area contributed by atoms with Crippen LogP contribution in [0.15, 0.2) is 30.3 Å². The fourth-order valence-corrected chi connectivity index (χ4v) is 3.04. The number of ether oxygens (including phenoxy) is 2. The zero-order chi connectivity index (χ0) is 19.8. The molecule has 2 aromatic heterocycles. The molecule has 3 aromatic rings. The van der Waals surface area contributed by atoms with E-state index >= 15 is 0 Å². The van der Waals surface area contributed by atoms with Gasteiger partial charge in [-0.3, -0.25) is 0 Å². The van der Waals surface area contributed by atoms with Gasteiger partial charge in [0.05, 0.1) is 41.6 Å². The summed E-state index contributed by atoms with van der Waals surface area (Å²) in [6, 6.07) is 9.37. The van der Waals surface area contributed by atoms with Gasteiger partial charge in [-0.05, 0) is 65.0 Å². The maximum Gasteiger partial charge on any atom is 0.339 e. The third kappa shape index (κ3) is 3.52. The molecule has 6 heteroatoms. The van der Waals surface area contributed by atoms with Gasteiger partial charge >= 0.3 is 5.97 Å². The number of fused-ring (bicyclic) bond motifs is 1. The van der Waals surface area contributed by atoms with Crippen LogP contribution in [0.3, 0.4) is 0 Å². The minimum absolute atomic E-state index is 0.274. The van der Waals surface area contributed by atoms with Gasteiger partial charge in [0.25, 0.3) is 0 Å². The van der Waals surface area contributed by atoms with E-state index in [1.165, 1.54) is 0 Å². The number of carbonyl (C=O) groups excluding carboxylic acids is 1. The Labute approximate surface area is 159 Å². The number of esters is 1.